The van der Waals surface area contributed by atoms with Gasteiger partial charge in [0.1, 0.15) is 36.3 Å². The molecule has 0 fully saturated rings. The van der Waals surface area contributed by atoms with Crippen LogP contribution in [0.5, 0.6) is 0 Å². The lowest BCUT2D eigenvalue weighted by Crippen LogP contribution is -2.59. The summed E-state index contributed by atoms with van der Waals surface area (Å²) in [5.74, 6) is -11.5. The zero-order valence-corrected chi connectivity index (χ0v) is 35.0. The van der Waals surface area contributed by atoms with E-state index in [0.29, 0.717) is 6.42 Å². The Morgan fingerprint density at radius 2 is 1.08 bits per heavy atom. The van der Waals surface area contributed by atoms with Crippen LogP contribution in [-0.4, -0.2) is 143 Å². The van der Waals surface area contributed by atoms with Gasteiger partial charge < -0.3 is 75.5 Å². The molecule has 0 aromatic rings. The zero-order chi connectivity index (χ0) is 46.8. The summed E-state index contributed by atoms with van der Waals surface area (Å²) in [5, 5.41) is 44.9. The molecule has 0 rings (SSSR count). The monoisotopic (exact) mass is 872 g/mol. The van der Waals surface area contributed by atoms with E-state index in [2.05, 4.69) is 42.2 Å². The number of nitrogens with two attached hydrogens (primary N) is 4. The van der Waals surface area contributed by atoms with Gasteiger partial charge in [-0.2, -0.15) is 0 Å². The lowest BCUT2D eigenvalue weighted by atomic mass is 10.0. The molecule has 61 heavy (non-hydrogen) atoms. The molecule has 0 radical (unpaired) electrons. The Morgan fingerprint density at radius 3 is 1.59 bits per heavy atom. The van der Waals surface area contributed by atoms with E-state index < -0.39 is 134 Å². The maximum absolute atomic E-state index is 13.7. The Bertz CT molecular complexity index is 1560. The third-order valence-electron chi connectivity index (χ3n) is 8.67. The molecule has 25 nitrogen and oxygen atoms in total. The maximum atomic E-state index is 13.7. The first-order valence-electron chi connectivity index (χ1n) is 19.7. The average molecular weight is 873 g/mol. The van der Waals surface area contributed by atoms with Crippen molar-refractivity contribution in [2.45, 2.75) is 122 Å². The molecular formula is C36H64N12O13. The van der Waals surface area contributed by atoms with Crippen LogP contribution >= 0.6 is 0 Å². The summed E-state index contributed by atoms with van der Waals surface area (Å²) in [4.78, 5) is 130. The van der Waals surface area contributed by atoms with Crippen LogP contribution in [0.2, 0.25) is 0 Å². The van der Waals surface area contributed by atoms with E-state index in [-0.39, 0.29) is 57.1 Å². The maximum Gasteiger partial charge on any atom is 0.326 e. The summed E-state index contributed by atoms with van der Waals surface area (Å²) in [6.45, 7) is 5.64. The third-order valence-corrected chi connectivity index (χ3v) is 8.67. The average Bonchev–Trinajstić information content (AvgIpc) is 3.16. The molecule has 0 bridgehead atoms. The molecule has 0 spiro atoms. The van der Waals surface area contributed by atoms with E-state index in [0.717, 1.165) is 0 Å². The third kappa shape index (κ3) is 23.9. The van der Waals surface area contributed by atoms with E-state index in [1.807, 2.05) is 0 Å². The number of carboxylic acid groups (broad SMARTS) is 3. The second-order valence-corrected chi connectivity index (χ2v) is 14.8. The van der Waals surface area contributed by atoms with Crippen LogP contribution in [-0.2, 0) is 47.9 Å². The van der Waals surface area contributed by atoms with Crippen molar-refractivity contribution in [3.8, 4) is 0 Å². The van der Waals surface area contributed by atoms with E-state index >= 15 is 0 Å². The minimum Gasteiger partial charge on any atom is -0.481 e. The molecule has 0 aliphatic carbocycles. The van der Waals surface area contributed by atoms with Gasteiger partial charge in [-0.1, -0.05) is 27.7 Å². The van der Waals surface area contributed by atoms with Crippen molar-refractivity contribution in [2.75, 3.05) is 26.2 Å². The van der Waals surface area contributed by atoms with Gasteiger partial charge >= 0.3 is 17.9 Å². The Balaban J connectivity index is 6.23. The van der Waals surface area contributed by atoms with Gasteiger partial charge in [0.25, 0.3) is 0 Å². The lowest BCUT2D eigenvalue weighted by molar-refractivity contribution is -0.143. The molecule has 346 valence electrons. The molecule has 0 heterocycles. The van der Waals surface area contributed by atoms with Gasteiger partial charge in [-0.05, 0) is 63.3 Å². The quantitative estimate of drug-likeness (QED) is 0.0177. The fourth-order valence-corrected chi connectivity index (χ4v) is 5.53. The van der Waals surface area contributed by atoms with E-state index in [4.69, 9.17) is 22.9 Å². The van der Waals surface area contributed by atoms with Crippen molar-refractivity contribution >= 4 is 65.2 Å². The smallest absolute Gasteiger partial charge is 0.326 e. The molecule has 0 aliphatic rings. The van der Waals surface area contributed by atoms with Crippen molar-refractivity contribution in [3.05, 3.63) is 0 Å². The SMILES string of the molecule is CC(C)C[C@H](NC(=O)CN)C(=O)N[C@@H](CC(=O)O)C(=O)N[C@@H](CCCCN)C(=O)N[C@@H](CCC(=O)O)C(=O)NCC(=O)N[C@@H](CCCN=C(N)N)C(=O)N[C@H](C(=O)O)C(C)C. The Labute approximate surface area is 353 Å². The molecule has 7 amide bonds. The van der Waals surface area contributed by atoms with Crippen LogP contribution < -0.4 is 60.2 Å². The second-order valence-electron chi connectivity index (χ2n) is 14.8. The zero-order valence-electron chi connectivity index (χ0n) is 35.0. The molecule has 18 N–H and O–H groups in total. The van der Waals surface area contributed by atoms with Crippen LogP contribution in [0, 0.1) is 11.8 Å². The van der Waals surface area contributed by atoms with Crippen LogP contribution in [0.1, 0.15) is 85.5 Å². The highest BCUT2D eigenvalue weighted by molar-refractivity contribution is 5.97. The minimum absolute atomic E-state index is 0.0539. The van der Waals surface area contributed by atoms with E-state index in [1.54, 1.807) is 27.7 Å². The number of amides is 7. The first-order chi connectivity index (χ1) is 28.5. The topological polar surface area (TPSA) is 432 Å². The largest absolute Gasteiger partial charge is 0.481 e. The summed E-state index contributed by atoms with van der Waals surface area (Å²) < 4.78 is 0. The standard InChI is InChI=1S/C36H64N12O13/c1-18(2)14-23(44-25(49)16-38)33(58)47-24(15-28(53)54)34(59)45-21(8-5-6-12-37)31(56)46-22(10-11-27(51)52)30(55)42-17-26(50)43-20(9-7-13-41-36(39)40)32(57)48-29(19(3)4)35(60)61/h18-24,29H,5-17,37-38H2,1-4H3,(H,42,55)(H,43,50)(H,44,49)(H,45,59)(H,46,56)(H,47,58)(H,48,57)(H,51,52)(H,53,54)(H,60,61)(H4,39,40,41)/t20-,21-,22-,23-,24-,29-/m0/s1. The fourth-order valence-electron chi connectivity index (χ4n) is 5.53. The lowest BCUT2D eigenvalue weighted by Gasteiger charge is -2.26. The highest BCUT2D eigenvalue weighted by atomic mass is 16.4. The molecule has 0 aromatic heterocycles. The van der Waals surface area contributed by atoms with E-state index in [1.165, 1.54) is 0 Å². The number of carbonyl (C=O) groups is 10. The predicted octanol–water partition coefficient (Wildman–Crippen LogP) is -4.72. The number of hydrogen-bond donors (Lipinski definition) is 14. The van der Waals surface area contributed by atoms with Crippen LogP contribution in [0.4, 0.5) is 0 Å². The molecule has 0 saturated heterocycles. The normalized spacial score (nSPS) is 13.8. The molecule has 0 unspecified atom stereocenters. The highest BCUT2D eigenvalue weighted by Crippen LogP contribution is 2.09. The highest BCUT2D eigenvalue weighted by Gasteiger charge is 2.33. The molecule has 0 aromatic carbocycles. The number of unbranched alkanes of at least 4 members (excludes halogenated alkanes) is 1. The van der Waals surface area contributed by atoms with Gasteiger partial charge in [-0.3, -0.25) is 48.1 Å². The minimum atomic E-state index is -1.75. The molecule has 0 aliphatic heterocycles. The van der Waals surface area contributed by atoms with Crippen molar-refractivity contribution in [2.24, 2.45) is 39.8 Å². The summed E-state index contributed by atoms with van der Waals surface area (Å²) in [6, 6.07) is -8.62. The number of carbonyl (C=O) groups excluding carboxylic acids is 7. The molecule has 0 saturated carbocycles. The van der Waals surface area contributed by atoms with Crippen molar-refractivity contribution < 1.29 is 63.3 Å². The number of nitrogens with zero attached hydrogens (tertiary/aromatic N) is 1. The van der Waals surface area contributed by atoms with Crippen LogP contribution in [0.15, 0.2) is 4.99 Å². The van der Waals surface area contributed by atoms with Gasteiger partial charge in [0.2, 0.25) is 41.4 Å². The number of rotatable bonds is 31. The van der Waals surface area contributed by atoms with Crippen molar-refractivity contribution in [3.63, 3.8) is 0 Å². The van der Waals surface area contributed by atoms with Gasteiger partial charge in [-0.25, -0.2) is 4.79 Å². The number of carboxylic acids is 3. The summed E-state index contributed by atoms with van der Waals surface area (Å²) in [6.07, 6.45) is -1.35. The van der Waals surface area contributed by atoms with Gasteiger partial charge in [0.15, 0.2) is 5.96 Å². The summed E-state index contributed by atoms with van der Waals surface area (Å²) in [5.41, 5.74) is 21.6. The fraction of sp³-hybridized carbons (Fsp3) is 0.694. The first-order valence-corrected chi connectivity index (χ1v) is 19.7. The molecule has 25 heteroatoms. The number of aliphatic imine (C=N–C) groups is 1. The Kier molecular flexibility index (Phi) is 26.2. The van der Waals surface area contributed by atoms with Crippen molar-refractivity contribution in [1.29, 1.82) is 0 Å². The summed E-state index contributed by atoms with van der Waals surface area (Å²) >= 11 is 0. The van der Waals surface area contributed by atoms with Gasteiger partial charge in [-0.15, -0.1) is 0 Å². The number of hydrogen-bond acceptors (Lipinski definition) is 13. The second kappa shape index (κ2) is 29.2. The number of aliphatic carboxylic acids is 3. The van der Waals surface area contributed by atoms with Crippen LogP contribution in [0.25, 0.3) is 0 Å². The Hall–Kier alpha value is -6.11. The number of nitrogens with one attached hydrogen (secondary N) is 7. The molecular weight excluding hydrogens is 808 g/mol. The number of guanidine groups is 1. The predicted molar refractivity (Wildman–Crippen MR) is 218 cm³/mol. The molecule has 6 atom stereocenters. The van der Waals surface area contributed by atoms with Gasteiger partial charge in [0, 0.05) is 13.0 Å². The van der Waals surface area contributed by atoms with Crippen molar-refractivity contribution in [1.82, 2.24) is 37.2 Å². The Morgan fingerprint density at radius 1 is 0.574 bits per heavy atom. The van der Waals surface area contributed by atoms with E-state index in [9.17, 15) is 63.3 Å². The van der Waals surface area contributed by atoms with Gasteiger partial charge in [0.05, 0.1) is 19.5 Å². The first kappa shape index (κ1) is 54.9. The van der Waals surface area contributed by atoms with Crippen LogP contribution in [0.3, 0.4) is 0 Å². The summed E-state index contributed by atoms with van der Waals surface area (Å²) in [7, 11) is 0.